The van der Waals surface area contributed by atoms with E-state index in [0.717, 1.165) is 25.7 Å². The molecule has 0 radical (unpaired) electrons. The van der Waals surface area contributed by atoms with Gasteiger partial charge in [0.25, 0.3) is 11.8 Å². The Kier molecular flexibility index (Phi) is 8.10. The van der Waals surface area contributed by atoms with Gasteiger partial charge in [0.1, 0.15) is 12.3 Å². The Bertz CT molecular complexity index is 654. The fraction of sp³-hybridized carbons (Fsp3) is 0.550. The topological polar surface area (TPSA) is 84.9 Å². The summed E-state index contributed by atoms with van der Waals surface area (Å²) in [5.74, 6) is -0.802. The Morgan fingerprint density at radius 3 is 2.44 bits per heavy atom. The van der Waals surface area contributed by atoms with Crippen molar-refractivity contribution in [2.75, 3.05) is 26.2 Å². The lowest BCUT2D eigenvalue weighted by Crippen LogP contribution is -2.42. The van der Waals surface area contributed by atoms with E-state index in [1.54, 1.807) is 36.1 Å². The number of ether oxygens (including phenoxy) is 2. The van der Waals surface area contributed by atoms with E-state index >= 15 is 0 Å². The summed E-state index contributed by atoms with van der Waals surface area (Å²) in [5, 5.41) is 2.51. The van der Waals surface area contributed by atoms with Gasteiger partial charge in [-0.3, -0.25) is 14.4 Å². The molecule has 1 unspecified atom stereocenters. The SMILES string of the molecule is CCOc1ccccc1C(=O)NCC(=O)OC(C)C(=O)N1CCCCCC1. The first kappa shape index (κ1) is 20.7. The van der Waals surface area contributed by atoms with Crippen molar-refractivity contribution in [3.05, 3.63) is 29.8 Å². The van der Waals surface area contributed by atoms with Crippen LogP contribution >= 0.6 is 0 Å². The van der Waals surface area contributed by atoms with E-state index < -0.39 is 18.0 Å². The van der Waals surface area contributed by atoms with Crippen LogP contribution in [0.1, 0.15) is 49.9 Å². The van der Waals surface area contributed by atoms with Crippen molar-refractivity contribution < 1.29 is 23.9 Å². The van der Waals surface area contributed by atoms with Gasteiger partial charge in [-0.25, -0.2) is 0 Å². The molecule has 1 fully saturated rings. The third kappa shape index (κ3) is 6.27. The van der Waals surface area contributed by atoms with Crippen LogP contribution in [0.3, 0.4) is 0 Å². The number of para-hydroxylation sites is 1. The summed E-state index contributed by atoms with van der Waals surface area (Å²) >= 11 is 0. The van der Waals surface area contributed by atoms with Crippen molar-refractivity contribution in [1.82, 2.24) is 10.2 Å². The molecule has 2 amide bonds. The highest BCUT2D eigenvalue weighted by atomic mass is 16.5. The molecule has 0 bridgehead atoms. The van der Waals surface area contributed by atoms with Gasteiger partial charge < -0.3 is 19.7 Å². The lowest BCUT2D eigenvalue weighted by molar-refractivity contribution is -0.158. The first-order valence-corrected chi connectivity index (χ1v) is 9.51. The predicted molar refractivity (Wildman–Crippen MR) is 101 cm³/mol. The summed E-state index contributed by atoms with van der Waals surface area (Å²) in [6.07, 6.45) is 3.33. The molecule has 0 aromatic heterocycles. The van der Waals surface area contributed by atoms with Crippen LogP contribution in [-0.4, -0.2) is 55.0 Å². The molecule has 0 spiro atoms. The third-order valence-electron chi connectivity index (χ3n) is 4.40. The van der Waals surface area contributed by atoms with Gasteiger partial charge in [-0.1, -0.05) is 25.0 Å². The van der Waals surface area contributed by atoms with Crippen LogP contribution in [-0.2, 0) is 14.3 Å². The maximum absolute atomic E-state index is 12.4. The van der Waals surface area contributed by atoms with Gasteiger partial charge >= 0.3 is 5.97 Å². The lowest BCUT2D eigenvalue weighted by Gasteiger charge is -2.24. The minimum Gasteiger partial charge on any atom is -0.493 e. The van der Waals surface area contributed by atoms with Crippen molar-refractivity contribution in [2.24, 2.45) is 0 Å². The number of esters is 1. The number of nitrogens with one attached hydrogen (secondary N) is 1. The van der Waals surface area contributed by atoms with Gasteiger partial charge in [-0.05, 0) is 38.8 Å². The van der Waals surface area contributed by atoms with Gasteiger partial charge in [0, 0.05) is 13.1 Å². The Labute approximate surface area is 160 Å². The van der Waals surface area contributed by atoms with Crippen LogP contribution in [0, 0.1) is 0 Å². The number of rotatable bonds is 7. The van der Waals surface area contributed by atoms with Crippen LogP contribution in [0.25, 0.3) is 0 Å². The van der Waals surface area contributed by atoms with Crippen molar-refractivity contribution in [2.45, 2.75) is 45.6 Å². The normalized spacial score (nSPS) is 15.4. The van der Waals surface area contributed by atoms with Crippen molar-refractivity contribution in [3.8, 4) is 5.75 Å². The van der Waals surface area contributed by atoms with Crippen LogP contribution in [0.4, 0.5) is 0 Å². The summed E-state index contributed by atoms with van der Waals surface area (Å²) in [6, 6.07) is 6.81. The first-order chi connectivity index (χ1) is 13.0. The highest BCUT2D eigenvalue weighted by molar-refractivity contribution is 5.98. The molecule has 148 valence electrons. The molecule has 1 saturated heterocycles. The molecule has 2 rings (SSSR count). The Morgan fingerprint density at radius 1 is 1.11 bits per heavy atom. The number of amides is 2. The smallest absolute Gasteiger partial charge is 0.326 e. The molecule has 1 aromatic rings. The molecule has 1 aliphatic rings. The van der Waals surface area contributed by atoms with Gasteiger partial charge in [0.2, 0.25) is 0 Å². The Balaban J connectivity index is 1.83. The molecule has 1 heterocycles. The second kappa shape index (κ2) is 10.5. The quantitative estimate of drug-likeness (QED) is 0.737. The van der Waals surface area contributed by atoms with E-state index in [1.165, 1.54) is 0 Å². The average molecular weight is 376 g/mol. The molecular formula is C20H28N2O5. The monoisotopic (exact) mass is 376 g/mol. The highest BCUT2D eigenvalue weighted by Crippen LogP contribution is 2.17. The molecular weight excluding hydrogens is 348 g/mol. The number of hydrogen-bond acceptors (Lipinski definition) is 5. The minimum atomic E-state index is -0.858. The number of carbonyl (C=O) groups excluding carboxylic acids is 3. The standard InChI is InChI=1S/C20H28N2O5/c1-3-26-17-11-7-6-10-16(17)19(24)21-14-18(23)27-15(2)20(25)22-12-8-4-5-9-13-22/h6-7,10-11,15H,3-5,8-9,12-14H2,1-2H3,(H,21,24). The Hall–Kier alpha value is -2.57. The second-order valence-corrected chi connectivity index (χ2v) is 6.48. The van der Waals surface area contributed by atoms with Gasteiger partial charge in [-0.15, -0.1) is 0 Å². The third-order valence-corrected chi connectivity index (χ3v) is 4.40. The van der Waals surface area contributed by atoms with E-state index in [2.05, 4.69) is 5.32 Å². The van der Waals surface area contributed by atoms with Crippen LogP contribution in [0.15, 0.2) is 24.3 Å². The highest BCUT2D eigenvalue weighted by Gasteiger charge is 2.24. The van der Waals surface area contributed by atoms with Crippen LogP contribution in [0.2, 0.25) is 0 Å². The molecule has 1 aromatic carbocycles. The van der Waals surface area contributed by atoms with Gasteiger partial charge in [-0.2, -0.15) is 0 Å². The summed E-state index contributed by atoms with van der Waals surface area (Å²) in [6.45, 7) is 4.92. The first-order valence-electron chi connectivity index (χ1n) is 9.51. The van der Waals surface area contributed by atoms with Gasteiger partial charge in [0.15, 0.2) is 6.10 Å². The van der Waals surface area contributed by atoms with Crippen LogP contribution in [0.5, 0.6) is 5.75 Å². The lowest BCUT2D eigenvalue weighted by atomic mass is 10.2. The fourth-order valence-corrected chi connectivity index (χ4v) is 3.02. The predicted octanol–water partition coefficient (Wildman–Crippen LogP) is 2.15. The number of benzene rings is 1. The van der Waals surface area contributed by atoms with Crippen LogP contribution < -0.4 is 10.1 Å². The van der Waals surface area contributed by atoms with E-state index in [9.17, 15) is 14.4 Å². The number of hydrogen-bond donors (Lipinski definition) is 1. The minimum absolute atomic E-state index is 0.182. The van der Waals surface area contributed by atoms with Crippen molar-refractivity contribution in [1.29, 1.82) is 0 Å². The van der Waals surface area contributed by atoms with Crippen molar-refractivity contribution >= 4 is 17.8 Å². The largest absolute Gasteiger partial charge is 0.493 e. The maximum atomic E-state index is 12.4. The molecule has 7 heteroatoms. The van der Waals surface area contributed by atoms with E-state index in [0.29, 0.717) is 31.0 Å². The zero-order valence-electron chi connectivity index (χ0n) is 16.0. The number of likely N-dealkylation sites (tertiary alicyclic amines) is 1. The van der Waals surface area contributed by atoms with E-state index in [1.807, 2.05) is 6.92 Å². The van der Waals surface area contributed by atoms with E-state index in [-0.39, 0.29) is 12.5 Å². The molecule has 1 N–H and O–H groups in total. The van der Waals surface area contributed by atoms with Crippen molar-refractivity contribution in [3.63, 3.8) is 0 Å². The molecule has 7 nitrogen and oxygen atoms in total. The summed E-state index contributed by atoms with van der Waals surface area (Å²) in [5.41, 5.74) is 0.348. The Morgan fingerprint density at radius 2 is 1.78 bits per heavy atom. The molecule has 1 atom stereocenters. The second-order valence-electron chi connectivity index (χ2n) is 6.48. The number of nitrogens with zero attached hydrogens (tertiary/aromatic N) is 1. The van der Waals surface area contributed by atoms with E-state index in [4.69, 9.17) is 9.47 Å². The summed E-state index contributed by atoms with van der Waals surface area (Å²) in [4.78, 5) is 38.5. The zero-order chi connectivity index (χ0) is 19.6. The maximum Gasteiger partial charge on any atom is 0.326 e. The average Bonchev–Trinajstić information content (AvgIpc) is 2.95. The fourth-order valence-electron chi connectivity index (χ4n) is 3.02. The zero-order valence-corrected chi connectivity index (χ0v) is 16.0. The molecule has 0 aliphatic carbocycles. The molecule has 0 saturated carbocycles. The summed E-state index contributed by atoms with van der Waals surface area (Å²) < 4.78 is 10.6. The summed E-state index contributed by atoms with van der Waals surface area (Å²) in [7, 11) is 0. The molecule has 1 aliphatic heterocycles. The van der Waals surface area contributed by atoms with Gasteiger partial charge in [0.05, 0.1) is 12.2 Å². The molecule has 27 heavy (non-hydrogen) atoms. The number of carbonyl (C=O) groups is 3.